The maximum Gasteiger partial charge on any atom is 0.152 e. The van der Waals surface area contributed by atoms with Crippen LogP contribution in [0.25, 0.3) is 11.0 Å². The molecule has 0 N–H and O–H groups in total. The van der Waals surface area contributed by atoms with E-state index >= 15 is 0 Å². The van der Waals surface area contributed by atoms with Crippen LogP contribution in [0.3, 0.4) is 0 Å². The number of imidazole rings is 1. The summed E-state index contributed by atoms with van der Waals surface area (Å²) >= 11 is 8.56. The van der Waals surface area contributed by atoms with Gasteiger partial charge in [0, 0.05) is 10.6 Å². The largest absolute Gasteiger partial charge is 0.319 e. The van der Waals surface area contributed by atoms with Crippen LogP contribution in [0, 0.1) is 3.57 Å². The summed E-state index contributed by atoms with van der Waals surface area (Å²) in [7, 11) is 1.93. The van der Waals surface area contributed by atoms with Crippen molar-refractivity contribution in [3.05, 3.63) is 39.7 Å². The lowest BCUT2D eigenvalue weighted by atomic mass is 10.3. The van der Waals surface area contributed by atoms with E-state index in [1.54, 1.807) is 6.33 Å². The zero-order valence-electron chi connectivity index (χ0n) is 11.1. The lowest BCUT2D eigenvalue weighted by molar-refractivity contribution is 0.675. The number of aromatic nitrogens is 5. The van der Waals surface area contributed by atoms with Gasteiger partial charge in [-0.2, -0.15) is 0 Å². The second kappa shape index (κ2) is 5.33. The van der Waals surface area contributed by atoms with E-state index in [0.717, 1.165) is 26.3 Å². The molecular formula is C13H13ClIN5. The molecule has 104 valence electrons. The molecule has 7 heteroatoms. The molecule has 0 saturated heterocycles. The number of hydrogen-bond donors (Lipinski definition) is 0. The summed E-state index contributed by atoms with van der Waals surface area (Å²) in [6.07, 6.45) is 1.70. The third-order valence-electron chi connectivity index (χ3n) is 3.20. The van der Waals surface area contributed by atoms with Gasteiger partial charge in [-0.3, -0.25) is 0 Å². The van der Waals surface area contributed by atoms with E-state index in [0.29, 0.717) is 6.54 Å². The lowest BCUT2D eigenvalue weighted by Crippen LogP contribution is -2.09. The van der Waals surface area contributed by atoms with Gasteiger partial charge in [0.2, 0.25) is 0 Å². The number of hydrogen-bond acceptors (Lipinski definition) is 3. The number of halogens is 2. The molecule has 0 saturated carbocycles. The first-order valence-corrected chi connectivity index (χ1v) is 7.70. The number of fused-ring (bicyclic) bond motifs is 1. The van der Waals surface area contributed by atoms with Crippen LogP contribution >= 0.6 is 34.2 Å². The summed E-state index contributed by atoms with van der Waals surface area (Å²) in [5.74, 6) is 1.73. The molecule has 5 nitrogen and oxygen atoms in total. The molecular weight excluding hydrogens is 389 g/mol. The molecule has 20 heavy (non-hydrogen) atoms. The second-order valence-corrected chi connectivity index (χ2v) is 6.56. The summed E-state index contributed by atoms with van der Waals surface area (Å²) < 4.78 is 5.17. The Balaban J connectivity index is 2.16. The zero-order valence-corrected chi connectivity index (χ0v) is 14.0. The number of nitrogens with zero attached hydrogens (tertiary/aromatic N) is 5. The SMILES string of the molecule is CC(Cl)c1nc2cc(I)ccc2n1Cc1nncn1C. The van der Waals surface area contributed by atoms with Crippen LogP contribution in [0.2, 0.25) is 0 Å². The Morgan fingerprint density at radius 2 is 2.20 bits per heavy atom. The molecule has 0 bridgehead atoms. The van der Waals surface area contributed by atoms with E-state index in [4.69, 9.17) is 11.6 Å². The average molecular weight is 402 g/mol. The van der Waals surface area contributed by atoms with Crippen LogP contribution < -0.4 is 0 Å². The van der Waals surface area contributed by atoms with Crippen molar-refractivity contribution in [2.75, 3.05) is 0 Å². The number of aryl methyl sites for hydroxylation is 1. The van der Waals surface area contributed by atoms with E-state index in [-0.39, 0.29) is 5.38 Å². The molecule has 0 aliphatic carbocycles. The highest BCUT2D eigenvalue weighted by Gasteiger charge is 2.16. The van der Waals surface area contributed by atoms with Crippen molar-refractivity contribution in [3.63, 3.8) is 0 Å². The summed E-state index contributed by atoms with van der Waals surface area (Å²) in [5.41, 5.74) is 2.03. The van der Waals surface area contributed by atoms with Crippen molar-refractivity contribution >= 4 is 45.2 Å². The van der Waals surface area contributed by atoms with Gasteiger partial charge in [0.05, 0.1) is 23.0 Å². The quantitative estimate of drug-likeness (QED) is 0.500. The minimum absolute atomic E-state index is 0.159. The molecule has 1 unspecified atom stereocenters. The van der Waals surface area contributed by atoms with Gasteiger partial charge in [-0.1, -0.05) is 0 Å². The van der Waals surface area contributed by atoms with Gasteiger partial charge in [-0.15, -0.1) is 21.8 Å². The van der Waals surface area contributed by atoms with E-state index in [9.17, 15) is 0 Å². The van der Waals surface area contributed by atoms with Gasteiger partial charge in [0.25, 0.3) is 0 Å². The molecule has 0 fully saturated rings. The minimum atomic E-state index is -0.159. The van der Waals surface area contributed by atoms with Gasteiger partial charge in [0.15, 0.2) is 5.82 Å². The molecule has 3 aromatic rings. The van der Waals surface area contributed by atoms with Crippen molar-refractivity contribution in [3.8, 4) is 0 Å². The highest BCUT2D eigenvalue weighted by Crippen LogP contribution is 2.26. The van der Waals surface area contributed by atoms with E-state index < -0.39 is 0 Å². The van der Waals surface area contributed by atoms with Crippen LogP contribution in [0.5, 0.6) is 0 Å². The van der Waals surface area contributed by atoms with Gasteiger partial charge in [0.1, 0.15) is 12.2 Å². The lowest BCUT2D eigenvalue weighted by Gasteiger charge is -2.09. The van der Waals surface area contributed by atoms with Gasteiger partial charge < -0.3 is 9.13 Å². The fraction of sp³-hybridized carbons (Fsp3) is 0.308. The number of alkyl halides is 1. The fourth-order valence-corrected chi connectivity index (χ4v) is 2.82. The van der Waals surface area contributed by atoms with Crippen LogP contribution in [0.15, 0.2) is 24.5 Å². The first-order chi connectivity index (χ1) is 9.56. The van der Waals surface area contributed by atoms with Crippen molar-refractivity contribution in [2.24, 2.45) is 7.05 Å². The predicted molar refractivity (Wildman–Crippen MR) is 86.8 cm³/mol. The predicted octanol–water partition coefficient (Wildman–Crippen LogP) is 3.12. The average Bonchev–Trinajstić information content (AvgIpc) is 2.95. The molecule has 1 atom stereocenters. The Morgan fingerprint density at radius 3 is 2.85 bits per heavy atom. The molecule has 2 aromatic heterocycles. The molecule has 2 heterocycles. The second-order valence-electron chi connectivity index (χ2n) is 4.66. The van der Waals surface area contributed by atoms with Crippen LogP contribution in [0.1, 0.15) is 23.9 Å². The van der Waals surface area contributed by atoms with Crippen molar-refractivity contribution in [2.45, 2.75) is 18.8 Å². The molecule has 0 aliphatic rings. The van der Waals surface area contributed by atoms with Crippen molar-refractivity contribution < 1.29 is 0 Å². The summed E-state index contributed by atoms with van der Waals surface area (Å²) in [6, 6.07) is 6.20. The Hall–Kier alpha value is -1.15. The summed E-state index contributed by atoms with van der Waals surface area (Å²) in [4.78, 5) is 4.65. The topological polar surface area (TPSA) is 48.5 Å². The van der Waals surface area contributed by atoms with Crippen LogP contribution in [0.4, 0.5) is 0 Å². The van der Waals surface area contributed by atoms with Crippen molar-refractivity contribution in [1.29, 1.82) is 0 Å². The molecule has 0 amide bonds. The Morgan fingerprint density at radius 1 is 1.40 bits per heavy atom. The summed E-state index contributed by atoms with van der Waals surface area (Å²) in [6.45, 7) is 2.54. The number of rotatable bonds is 3. The maximum absolute atomic E-state index is 6.27. The standard InChI is InChI=1S/C13H13ClIN5/c1-8(14)13-17-10-5-9(15)3-4-11(10)20(13)6-12-18-16-7-19(12)2/h3-5,7-8H,6H2,1-2H3. The van der Waals surface area contributed by atoms with Gasteiger partial charge in [-0.25, -0.2) is 4.98 Å². The molecule has 1 aromatic carbocycles. The summed E-state index contributed by atoms with van der Waals surface area (Å²) in [5, 5.41) is 7.89. The third kappa shape index (κ3) is 2.42. The smallest absolute Gasteiger partial charge is 0.152 e. The van der Waals surface area contributed by atoms with E-state index in [1.165, 1.54) is 0 Å². The van der Waals surface area contributed by atoms with Crippen molar-refractivity contribution in [1.82, 2.24) is 24.3 Å². The minimum Gasteiger partial charge on any atom is -0.319 e. The Bertz CT molecular complexity index is 761. The highest BCUT2D eigenvalue weighted by atomic mass is 127. The monoisotopic (exact) mass is 401 g/mol. The van der Waals surface area contributed by atoms with Crippen LogP contribution in [-0.4, -0.2) is 24.3 Å². The van der Waals surface area contributed by atoms with E-state index in [1.807, 2.05) is 18.5 Å². The normalized spacial score (nSPS) is 13.0. The molecule has 0 aliphatic heterocycles. The number of benzene rings is 1. The Kier molecular flexibility index (Phi) is 3.68. The van der Waals surface area contributed by atoms with E-state index in [2.05, 4.69) is 60.5 Å². The third-order valence-corrected chi connectivity index (χ3v) is 4.07. The zero-order chi connectivity index (χ0) is 14.3. The molecule has 0 spiro atoms. The molecule has 0 radical (unpaired) electrons. The van der Waals surface area contributed by atoms with Crippen LogP contribution in [-0.2, 0) is 13.6 Å². The highest BCUT2D eigenvalue weighted by molar-refractivity contribution is 14.1. The molecule has 3 rings (SSSR count). The maximum atomic E-state index is 6.27. The fourth-order valence-electron chi connectivity index (χ4n) is 2.18. The first-order valence-electron chi connectivity index (χ1n) is 6.19. The van der Waals surface area contributed by atoms with Gasteiger partial charge in [-0.05, 0) is 47.7 Å². The first kappa shape index (κ1) is 13.8. The van der Waals surface area contributed by atoms with Gasteiger partial charge >= 0.3 is 0 Å². The Labute approximate surface area is 135 Å².